The minimum Gasteiger partial charge on any atom is -0.493 e. The molecular weight excluding hydrogens is 224 g/mol. The minimum absolute atomic E-state index is 0.273. The van der Waals surface area contributed by atoms with Crippen molar-refractivity contribution in [2.45, 2.75) is 12.8 Å². The molecule has 0 radical (unpaired) electrons. The van der Waals surface area contributed by atoms with Crippen molar-refractivity contribution >= 4 is 12.3 Å². The van der Waals surface area contributed by atoms with E-state index in [-0.39, 0.29) is 5.56 Å². The molecule has 0 aliphatic carbocycles. The van der Waals surface area contributed by atoms with Gasteiger partial charge in [-0.3, -0.25) is 9.59 Å². The molecule has 0 aliphatic heterocycles. The summed E-state index contributed by atoms with van der Waals surface area (Å²) in [6, 6.07) is 3.05. The number of carbonyl (C=O) groups is 2. The monoisotopic (exact) mass is 238 g/mol. The van der Waals surface area contributed by atoms with Crippen LogP contribution in [0.25, 0.3) is 0 Å². The van der Waals surface area contributed by atoms with E-state index in [0.29, 0.717) is 23.3 Å². The van der Waals surface area contributed by atoms with Crippen molar-refractivity contribution < 1.29 is 24.2 Å². The Hall–Kier alpha value is -2.04. The Balaban J connectivity index is 3.36. The van der Waals surface area contributed by atoms with Crippen molar-refractivity contribution in [1.82, 2.24) is 0 Å². The maximum Gasteiger partial charge on any atom is 0.310 e. The molecule has 0 aliphatic rings. The number of hydrogen-bond donors (Lipinski definition) is 1. The van der Waals surface area contributed by atoms with Gasteiger partial charge in [-0.25, -0.2) is 0 Å². The van der Waals surface area contributed by atoms with Gasteiger partial charge in [0.05, 0.1) is 25.7 Å². The summed E-state index contributed by atoms with van der Waals surface area (Å²) in [4.78, 5) is 21.8. The largest absolute Gasteiger partial charge is 0.493 e. The quantitative estimate of drug-likeness (QED) is 0.790. The highest BCUT2D eigenvalue weighted by Gasteiger charge is 2.19. The number of aldehydes is 1. The average molecular weight is 238 g/mol. The first-order chi connectivity index (χ1) is 8.04. The van der Waals surface area contributed by atoms with Crippen LogP contribution in [0.3, 0.4) is 0 Å². The van der Waals surface area contributed by atoms with Gasteiger partial charge in [-0.2, -0.15) is 0 Å². The number of methoxy groups -OCH3 is 2. The molecule has 1 unspecified atom stereocenters. The van der Waals surface area contributed by atoms with Crippen molar-refractivity contribution in [2.24, 2.45) is 0 Å². The van der Waals surface area contributed by atoms with Crippen molar-refractivity contribution in [1.29, 1.82) is 0 Å². The highest BCUT2D eigenvalue weighted by atomic mass is 16.5. The molecule has 0 amide bonds. The van der Waals surface area contributed by atoms with Crippen LogP contribution in [0.4, 0.5) is 0 Å². The van der Waals surface area contributed by atoms with Gasteiger partial charge in [0.25, 0.3) is 0 Å². The Kier molecular flexibility index (Phi) is 4.09. The zero-order chi connectivity index (χ0) is 13.0. The molecule has 1 aromatic carbocycles. The lowest BCUT2D eigenvalue weighted by Gasteiger charge is -2.14. The number of aliphatic carboxylic acids is 1. The standard InChI is InChI=1S/C12H14O5/c1-7(12(14)15)8-4-9(6-13)11(17-3)10(5-8)16-2/h4-7H,1-3H3,(H,14,15). The summed E-state index contributed by atoms with van der Waals surface area (Å²) in [7, 11) is 2.85. The van der Waals surface area contributed by atoms with E-state index in [1.165, 1.54) is 27.2 Å². The first-order valence-corrected chi connectivity index (χ1v) is 4.99. The van der Waals surface area contributed by atoms with E-state index in [2.05, 4.69) is 0 Å². The molecule has 0 bridgehead atoms. The van der Waals surface area contributed by atoms with Crippen molar-refractivity contribution in [2.75, 3.05) is 14.2 Å². The molecule has 5 nitrogen and oxygen atoms in total. The molecule has 0 fully saturated rings. The maximum absolute atomic E-state index is 10.9. The second kappa shape index (κ2) is 5.34. The fourth-order valence-corrected chi connectivity index (χ4v) is 1.50. The van der Waals surface area contributed by atoms with Crippen molar-refractivity contribution in [3.63, 3.8) is 0 Å². The van der Waals surface area contributed by atoms with Crippen LogP contribution in [-0.2, 0) is 4.79 Å². The van der Waals surface area contributed by atoms with E-state index in [0.717, 1.165) is 0 Å². The van der Waals surface area contributed by atoms with Gasteiger partial charge in [-0.05, 0) is 24.6 Å². The summed E-state index contributed by atoms with van der Waals surface area (Å²) < 4.78 is 10.1. The number of ether oxygens (including phenoxy) is 2. The van der Waals surface area contributed by atoms with E-state index in [4.69, 9.17) is 14.6 Å². The zero-order valence-corrected chi connectivity index (χ0v) is 9.89. The summed E-state index contributed by atoms with van der Waals surface area (Å²) >= 11 is 0. The topological polar surface area (TPSA) is 72.8 Å². The fraction of sp³-hybridized carbons (Fsp3) is 0.333. The van der Waals surface area contributed by atoms with Gasteiger partial charge in [0, 0.05) is 0 Å². The molecule has 92 valence electrons. The average Bonchev–Trinajstić information content (AvgIpc) is 2.35. The van der Waals surface area contributed by atoms with Crippen molar-refractivity contribution in [3.8, 4) is 11.5 Å². The minimum atomic E-state index is -0.964. The number of carboxylic acids is 1. The van der Waals surface area contributed by atoms with Crippen LogP contribution in [0.5, 0.6) is 11.5 Å². The molecule has 1 atom stereocenters. The first kappa shape index (κ1) is 13.0. The molecular formula is C12H14O5. The second-order valence-electron chi connectivity index (χ2n) is 3.52. The SMILES string of the molecule is COc1cc(C(C)C(=O)O)cc(C=O)c1OC. The van der Waals surface area contributed by atoms with Crippen LogP contribution in [0.15, 0.2) is 12.1 Å². The fourth-order valence-electron chi connectivity index (χ4n) is 1.50. The molecule has 0 heterocycles. The van der Waals surface area contributed by atoms with Gasteiger partial charge in [-0.15, -0.1) is 0 Å². The van der Waals surface area contributed by atoms with Gasteiger partial charge in [0.2, 0.25) is 0 Å². The van der Waals surface area contributed by atoms with E-state index in [1.54, 1.807) is 6.07 Å². The summed E-state index contributed by atoms with van der Waals surface area (Å²) in [5.74, 6) is -1.02. The van der Waals surface area contributed by atoms with Crippen LogP contribution in [0.2, 0.25) is 0 Å². The lowest BCUT2D eigenvalue weighted by atomic mass is 9.98. The Morgan fingerprint density at radius 1 is 1.35 bits per heavy atom. The highest BCUT2D eigenvalue weighted by molar-refractivity contribution is 5.83. The van der Waals surface area contributed by atoms with E-state index < -0.39 is 11.9 Å². The lowest BCUT2D eigenvalue weighted by Crippen LogP contribution is -2.08. The Morgan fingerprint density at radius 3 is 2.41 bits per heavy atom. The van der Waals surface area contributed by atoms with E-state index >= 15 is 0 Å². The Labute approximate surface area is 99.0 Å². The maximum atomic E-state index is 10.9. The molecule has 0 spiro atoms. The van der Waals surface area contributed by atoms with Crippen molar-refractivity contribution in [3.05, 3.63) is 23.3 Å². The number of rotatable bonds is 5. The molecule has 1 N–H and O–H groups in total. The van der Waals surface area contributed by atoms with Crippen LogP contribution in [-0.4, -0.2) is 31.6 Å². The highest BCUT2D eigenvalue weighted by Crippen LogP contribution is 2.34. The second-order valence-corrected chi connectivity index (χ2v) is 3.52. The molecule has 1 aromatic rings. The number of hydrogen-bond acceptors (Lipinski definition) is 4. The molecule has 0 aromatic heterocycles. The van der Waals surface area contributed by atoms with Gasteiger partial charge in [-0.1, -0.05) is 0 Å². The predicted octanol–water partition coefficient (Wildman–Crippen LogP) is 1.70. The summed E-state index contributed by atoms with van der Waals surface area (Å²) in [5, 5.41) is 8.93. The molecule has 0 saturated heterocycles. The lowest BCUT2D eigenvalue weighted by molar-refractivity contribution is -0.138. The van der Waals surface area contributed by atoms with Crippen LogP contribution >= 0.6 is 0 Å². The smallest absolute Gasteiger partial charge is 0.310 e. The number of carboxylic acid groups (broad SMARTS) is 1. The van der Waals surface area contributed by atoms with Crippen LogP contribution < -0.4 is 9.47 Å². The third kappa shape index (κ3) is 2.55. The summed E-state index contributed by atoms with van der Waals surface area (Å²) in [6.45, 7) is 1.54. The molecule has 1 rings (SSSR count). The van der Waals surface area contributed by atoms with Crippen LogP contribution in [0.1, 0.15) is 28.8 Å². The molecule has 5 heteroatoms. The molecule has 0 saturated carbocycles. The van der Waals surface area contributed by atoms with E-state index in [9.17, 15) is 9.59 Å². The third-order valence-electron chi connectivity index (χ3n) is 2.53. The normalized spacial score (nSPS) is 11.7. The van der Waals surface area contributed by atoms with Crippen LogP contribution in [0, 0.1) is 0 Å². The first-order valence-electron chi connectivity index (χ1n) is 4.99. The molecule has 17 heavy (non-hydrogen) atoms. The van der Waals surface area contributed by atoms with Gasteiger partial charge >= 0.3 is 5.97 Å². The number of carbonyl (C=O) groups excluding carboxylic acids is 1. The predicted molar refractivity (Wildman–Crippen MR) is 61.0 cm³/mol. The van der Waals surface area contributed by atoms with Gasteiger partial charge in [0.15, 0.2) is 17.8 Å². The summed E-state index contributed by atoms with van der Waals surface area (Å²) in [6.07, 6.45) is 0.611. The van der Waals surface area contributed by atoms with Gasteiger partial charge in [0.1, 0.15) is 0 Å². The van der Waals surface area contributed by atoms with Gasteiger partial charge < -0.3 is 14.6 Å². The zero-order valence-electron chi connectivity index (χ0n) is 9.89. The third-order valence-corrected chi connectivity index (χ3v) is 2.53. The summed E-state index contributed by atoms with van der Waals surface area (Å²) in [5.41, 5.74) is 0.771. The Morgan fingerprint density at radius 2 is 2.00 bits per heavy atom. The van der Waals surface area contributed by atoms with E-state index in [1.807, 2.05) is 0 Å². The number of benzene rings is 1. The Bertz CT molecular complexity index is 439.